The van der Waals surface area contributed by atoms with Crippen molar-refractivity contribution >= 4 is 5.78 Å². The van der Waals surface area contributed by atoms with Crippen molar-refractivity contribution in [2.75, 3.05) is 26.2 Å². The Morgan fingerprint density at radius 2 is 1.19 bits per heavy atom. The van der Waals surface area contributed by atoms with E-state index in [4.69, 9.17) is 0 Å². The molecular weight excluding hydrogens is 200 g/mol. The summed E-state index contributed by atoms with van der Waals surface area (Å²) in [6.45, 7) is 7.70. The molecule has 0 spiro atoms. The van der Waals surface area contributed by atoms with Gasteiger partial charge in [0.25, 0.3) is 0 Å². The molecule has 0 N–H and O–H groups in total. The molecule has 0 fully saturated rings. The molecule has 2 heterocycles. The molecule has 2 aliphatic rings. The zero-order valence-electron chi connectivity index (χ0n) is 10.1. The number of nitrogens with zero attached hydrogens (tertiary/aromatic N) is 2. The van der Waals surface area contributed by atoms with E-state index in [1.807, 2.05) is 13.8 Å². The molecule has 2 atom stereocenters. The van der Waals surface area contributed by atoms with Crippen molar-refractivity contribution in [2.24, 2.45) is 0 Å². The Morgan fingerprint density at radius 3 is 1.50 bits per heavy atom. The van der Waals surface area contributed by atoms with Gasteiger partial charge in [0, 0.05) is 26.2 Å². The predicted octanol–water partition coefficient (Wildman–Crippen LogP) is 1.08. The number of hydrogen-bond acceptors (Lipinski definition) is 3. The van der Waals surface area contributed by atoms with Crippen molar-refractivity contribution in [1.82, 2.24) is 9.80 Å². The highest BCUT2D eigenvalue weighted by molar-refractivity contribution is 5.88. The van der Waals surface area contributed by atoms with E-state index in [-0.39, 0.29) is 12.1 Å². The summed E-state index contributed by atoms with van der Waals surface area (Å²) in [5.41, 5.74) is 0. The first-order chi connectivity index (χ1) is 7.70. The van der Waals surface area contributed by atoms with Crippen molar-refractivity contribution in [2.45, 2.75) is 25.9 Å². The molecule has 2 aliphatic heterocycles. The molecule has 0 bridgehead atoms. The first-order valence-corrected chi connectivity index (χ1v) is 6.02. The van der Waals surface area contributed by atoms with Crippen LogP contribution in [0.15, 0.2) is 24.3 Å². The van der Waals surface area contributed by atoms with Gasteiger partial charge in [-0.3, -0.25) is 14.6 Å². The lowest BCUT2D eigenvalue weighted by molar-refractivity contribution is -0.127. The molecule has 0 radical (unpaired) electrons. The zero-order valence-corrected chi connectivity index (χ0v) is 10.1. The first-order valence-electron chi connectivity index (χ1n) is 6.02. The smallest absolute Gasteiger partial charge is 0.166 e. The van der Waals surface area contributed by atoms with Crippen molar-refractivity contribution in [3.05, 3.63) is 24.3 Å². The standard InChI is InChI=1S/C13H20N2O/c1-11(14-7-3-4-8-14)13(16)12(2)15-9-5-6-10-15/h3-6,11-12H,7-10H2,1-2H3. The second-order valence-corrected chi connectivity index (χ2v) is 4.60. The minimum Gasteiger partial charge on any atom is -0.296 e. The monoisotopic (exact) mass is 220 g/mol. The molecule has 0 aromatic heterocycles. The van der Waals surface area contributed by atoms with Crippen LogP contribution in [-0.4, -0.2) is 53.8 Å². The third-order valence-electron chi connectivity index (χ3n) is 3.61. The van der Waals surface area contributed by atoms with Crippen LogP contribution in [0.2, 0.25) is 0 Å². The fraction of sp³-hybridized carbons (Fsp3) is 0.615. The number of hydrogen-bond donors (Lipinski definition) is 0. The summed E-state index contributed by atoms with van der Waals surface area (Å²) in [6, 6.07) is 0.0659. The number of carbonyl (C=O) groups is 1. The van der Waals surface area contributed by atoms with Gasteiger partial charge in [-0.2, -0.15) is 0 Å². The Balaban J connectivity index is 1.90. The lowest BCUT2D eigenvalue weighted by Gasteiger charge is -2.29. The van der Waals surface area contributed by atoms with Crippen LogP contribution in [0, 0.1) is 0 Å². The van der Waals surface area contributed by atoms with E-state index in [1.165, 1.54) is 0 Å². The normalized spacial score (nSPS) is 25.1. The summed E-state index contributed by atoms with van der Waals surface area (Å²) >= 11 is 0. The van der Waals surface area contributed by atoms with E-state index in [0.29, 0.717) is 5.78 Å². The van der Waals surface area contributed by atoms with Gasteiger partial charge in [-0.1, -0.05) is 24.3 Å². The second-order valence-electron chi connectivity index (χ2n) is 4.60. The van der Waals surface area contributed by atoms with Gasteiger partial charge in [-0.15, -0.1) is 0 Å². The maximum atomic E-state index is 12.3. The molecule has 16 heavy (non-hydrogen) atoms. The predicted molar refractivity (Wildman–Crippen MR) is 65.4 cm³/mol. The quantitative estimate of drug-likeness (QED) is 0.662. The van der Waals surface area contributed by atoms with Gasteiger partial charge in [-0.05, 0) is 13.8 Å². The SMILES string of the molecule is CC(C(=O)C(C)N1CC=CC1)N1CC=CC1. The Hall–Kier alpha value is -0.930. The lowest BCUT2D eigenvalue weighted by atomic mass is 10.1. The van der Waals surface area contributed by atoms with Crippen LogP contribution in [0.5, 0.6) is 0 Å². The highest BCUT2D eigenvalue weighted by Crippen LogP contribution is 2.13. The van der Waals surface area contributed by atoms with Gasteiger partial charge in [0.05, 0.1) is 12.1 Å². The van der Waals surface area contributed by atoms with Gasteiger partial charge >= 0.3 is 0 Å². The average Bonchev–Trinajstić information content (AvgIpc) is 2.97. The second kappa shape index (κ2) is 4.93. The molecule has 0 amide bonds. The summed E-state index contributed by atoms with van der Waals surface area (Å²) in [7, 11) is 0. The fourth-order valence-corrected chi connectivity index (χ4v) is 2.33. The van der Waals surface area contributed by atoms with Gasteiger partial charge in [0.2, 0.25) is 0 Å². The summed E-state index contributed by atoms with van der Waals surface area (Å²) in [6.07, 6.45) is 8.52. The largest absolute Gasteiger partial charge is 0.296 e. The Labute approximate surface area is 97.4 Å². The van der Waals surface area contributed by atoms with E-state index in [1.54, 1.807) is 0 Å². The fourth-order valence-electron chi connectivity index (χ4n) is 2.33. The van der Waals surface area contributed by atoms with Crippen LogP contribution in [0.3, 0.4) is 0 Å². The molecule has 0 saturated carbocycles. The van der Waals surface area contributed by atoms with Crippen molar-refractivity contribution in [1.29, 1.82) is 0 Å². The third kappa shape index (κ3) is 2.25. The molecule has 88 valence electrons. The maximum absolute atomic E-state index is 12.3. The van der Waals surface area contributed by atoms with Gasteiger partial charge in [0.1, 0.15) is 0 Å². The maximum Gasteiger partial charge on any atom is 0.166 e. The molecule has 0 saturated heterocycles. The van der Waals surface area contributed by atoms with Gasteiger partial charge in [0.15, 0.2) is 5.78 Å². The minimum absolute atomic E-state index is 0.0330. The number of Topliss-reactive ketones (excluding diaryl/α,β-unsaturated/α-hetero) is 1. The highest BCUT2D eigenvalue weighted by atomic mass is 16.1. The summed E-state index contributed by atoms with van der Waals surface area (Å²) in [5.74, 6) is 0.340. The van der Waals surface area contributed by atoms with Crippen LogP contribution in [-0.2, 0) is 4.79 Å². The summed E-state index contributed by atoms with van der Waals surface area (Å²) < 4.78 is 0. The van der Waals surface area contributed by atoms with Crippen molar-refractivity contribution in [3.63, 3.8) is 0 Å². The summed E-state index contributed by atoms with van der Waals surface area (Å²) in [5, 5.41) is 0. The Bertz CT molecular complexity index is 276. The van der Waals surface area contributed by atoms with E-state index in [2.05, 4.69) is 34.1 Å². The Morgan fingerprint density at radius 1 is 0.875 bits per heavy atom. The van der Waals surface area contributed by atoms with Crippen LogP contribution in [0.25, 0.3) is 0 Å². The number of rotatable bonds is 4. The first kappa shape index (κ1) is 11.6. The third-order valence-corrected chi connectivity index (χ3v) is 3.61. The number of ketones is 1. The van der Waals surface area contributed by atoms with Gasteiger partial charge in [-0.25, -0.2) is 0 Å². The van der Waals surface area contributed by atoms with Crippen LogP contribution in [0.1, 0.15) is 13.8 Å². The summed E-state index contributed by atoms with van der Waals surface area (Å²) in [4.78, 5) is 16.7. The van der Waals surface area contributed by atoms with Crippen LogP contribution >= 0.6 is 0 Å². The van der Waals surface area contributed by atoms with E-state index in [0.717, 1.165) is 26.2 Å². The molecule has 0 aromatic rings. The topological polar surface area (TPSA) is 23.6 Å². The lowest BCUT2D eigenvalue weighted by Crippen LogP contribution is -2.47. The molecular formula is C13H20N2O. The van der Waals surface area contributed by atoms with Crippen molar-refractivity contribution < 1.29 is 4.79 Å². The van der Waals surface area contributed by atoms with E-state index < -0.39 is 0 Å². The highest BCUT2D eigenvalue weighted by Gasteiger charge is 2.29. The van der Waals surface area contributed by atoms with Crippen molar-refractivity contribution in [3.8, 4) is 0 Å². The molecule has 3 heteroatoms. The van der Waals surface area contributed by atoms with Crippen LogP contribution < -0.4 is 0 Å². The van der Waals surface area contributed by atoms with Gasteiger partial charge < -0.3 is 0 Å². The zero-order chi connectivity index (χ0) is 11.5. The Kier molecular flexibility index (Phi) is 3.56. The minimum atomic E-state index is 0.0330. The molecule has 0 aromatic carbocycles. The van der Waals surface area contributed by atoms with E-state index >= 15 is 0 Å². The molecule has 2 rings (SSSR count). The van der Waals surface area contributed by atoms with E-state index in [9.17, 15) is 4.79 Å². The van der Waals surface area contributed by atoms with Crippen LogP contribution in [0.4, 0.5) is 0 Å². The number of carbonyl (C=O) groups excluding carboxylic acids is 1. The molecule has 0 aliphatic carbocycles. The molecule has 3 nitrogen and oxygen atoms in total. The average molecular weight is 220 g/mol. The molecule has 2 unspecified atom stereocenters.